The minimum Gasteiger partial charge on any atom is -0.493 e. The van der Waals surface area contributed by atoms with Crippen LogP contribution in [-0.2, 0) is 9.59 Å². The first-order valence-corrected chi connectivity index (χ1v) is 7.52. The molecule has 0 aliphatic carbocycles. The van der Waals surface area contributed by atoms with Crippen molar-refractivity contribution in [2.45, 2.75) is 6.92 Å². The molecule has 0 atom stereocenters. The standard InChI is InChI=1S/C19H19NO5/c1-13(21)25-19-16(23-2)11-14(12-17(19)24-3)9-10-18(22)20-15-7-5-4-6-8-15/h4-12H,1-3H3,(H,20,22)/b10-9+. The van der Waals surface area contributed by atoms with Crippen LogP contribution in [0.2, 0.25) is 0 Å². The first-order valence-electron chi connectivity index (χ1n) is 7.52. The summed E-state index contributed by atoms with van der Waals surface area (Å²) in [5.41, 5.74) is 1.37. The Morgan fingerprint density at radius 3 is 2.12 bits per heavy atom. The summed E-state index contributed by atoms with van der Waals surface area (Å²) < 4.78 is 15.6. The third kappa shape index (κ3) is 5.10. The van der Waals surface area contributed by atoms with Crippen molar-refractivity contribution < 1.29 is 23.8 Å². The van der Waals surface area contributed by atoms with Crippen molar-refractivity contribution in [1.82, 2.24) is 0 Å². The average Bonchev–Trinajstić information content (AvgIpc) is 2.61. The third-order valence-corrected chi connectivity index (χ3v) is 3.20. The topological polar surface area (TPSA) is 73.9 Å². The molecular formula is C19H19NO5. The SMILES string of the molecule is COc1cc(/C=C/C(=O)Nc2ccccc2)cc(OC)c1OC(C)=O. The zero-order chi connectivity index (χ0) is 18.2. The van der Waals surface area contributed by atoms with Crippen LogP contribution in [-0.4, -0.2) is 26.1 Å². The first kappa shape index (κ1) is 18.1. The number of anilines is 1. The van der Waals surface area contributed by atoms with Gasteiger partial charge in [0.25, 0.3) is 0 Å². The molecule has 0 fully saturated rings. The highest BCUT2D eigenvalue weighted by atomic mass is 16.6. The van der Waals surface area contributed by atoms with Crippen molar-refractivity contribution in [1.29, 1.82) is 0 Å². The van der Waals surface area contributed by atoms with Gasteiger partial charge in [-0.3, -0.25) is 9.59 Å². The van der Waals surface area contributed by atoms with Crippen LogP contribution in [0, 0.1) is 0 Å². The maximum atomic E-state index is 12.0. The lowest BCUT2D eigenvalue weighted by Crippen LogP contribution is -2.07. The molecule has 0 saturated heterocycles. The van der Waals surface area contributed by atoms with E-state index in [2.05, 4.69) is 5.32 Å². The summed E-state index contributed by atoms with van der Waals surface area (Å²) in [5.74, 6) is 0.106. The van der Waals surface area contributed by atoms with Gasteiger partial charge in [0.1, 0.15) is 0 Å². The smallest absolute Gasteiger partial charge is 0.308 e. The van der Waals surface area contributed by atoms with E-state index in [1.807, 2.05) is 18.2 Å². The fourth-order valence-electron chi connectivity index (χ4n) is 2.12. The van der Waals surface area contributed by atoms with Gasteiger partial charge in [-0.05, 0) is 35.9 Å². The summed E-state index contributed by atoms with van der Waals surface area (Å²) in [7, 11) is 2.91. The molecule has 0 bridgehead atoms. The number of amides is 1. The van der Waals surface area contributed by atoms with Gasteiger partial charge in [-0.1, -0.05) is 18.2 Å². The number of hydrogen-bond acceptors (Lipinski definition) is 5. The van der Waals surface area contributed by atoms with Crippen molar-refractivity contribution in [3.05, 3.63) is 54.1 Å². The molecule has 130 valence electrons. The molecule has 2 aromatic rings. The minimum absolute atomic E-state index is 0.198. The molecular weight excluding hydrogens is 322 g/mol. The molecule has 0 saturated carbocycles. The Bertz CT molecular complexity index is 759. The van der Waals surface area contributed by atoms with Crippen LogP contribution >= 0.6 is 0 Å². The van der Waals surface area contributed by atoms with Gasteiger partial charge in [-0.15, -0.1) is 0 Å². The third-order valence-electron chi connectivity index (χ3n) is 3.20. The Labute approximate surface area is 146 Å². The molecule has 6 heteroatoms. The largest absolute Gasteiger partial charge is 0.493 e. The molecule has 0 spiro atoms. The molecule has 1 amide bonds. The number of rotatable bonds is 6. The van der Waals surface area contributed by atoms with E-state index >= 15 is 0 Å². The first-order chi connectivity index (χ1) is 12.0. The molecule has 0 radical (unpaired) electrons. The Hall–Kier alpha value is -3.28. The second-order valence-electron chi connectivity index (χ2n) is 5.04. The average molecular weight is 341 g/mol. The van der Waals surface area contributed by atoms with Crippen molar-refractivity contribution in [3.63, 3.8) is 0 Å². The summed E-state index contributed by atoms with van der Waals surface area (Å²) >= 11 is 0. The van der Waals surface area contributed by atoms with Gasteiger partial charge in [-0.25, -0.2) is 0 Å². The van der Waals surface area contributed by atoms with Gasteiger partial charge < -0.3 is 19.5 Å². The molecule has 6 nitrogen and oxygen atoms in total. The molecule has 2 aromatic carbocycles. The lowest BCUT2D eigenvalue weighted by Gasteiger charge is -2.13. The van der Waals surface area contributed by atoms with E-state index in [4.69, 9.17) is 14.2 Å². The predicted molar refractivity (Wildman–Crippen MR) is 95.0 cm³/mol. The Morgan fingerprint density at radius 2 is 1.60 bits per heavy atom. The Morgan fingerprint density at radius 1 is 1.00 bits per heavy atom. The van der Waals surface area contributed by atoms with Gasteiger partial charge in [0.2, 0.25) is 11.7 Å². The summed E-state index contributed by atoms with van der Waals surface area (Å²) in [6.07, 6.45) is 3.01. The number of para-hydroxylation sites is 1. The number of esters is 1. The quantitative estimate of drug-likeness (QED) is 0.496. The molecule has 0 aliphatic heterocycles. The zero-order valence-corrected chi connectivity index (χ0v) is 14.2. The van der Waals surface area contributed by atoms with Crippen LogP contribution in [0.3, 0.4) is 0 Å². The molecule has 25 heavy (non-hydrogen) atoms. The highest BCUT2D eigenvalue weighted by Gasteiger charge is 2.15. The number of nitrogens with one attached hydrogen (secondary N) is 1. The lowest BCUT2D eigenvalue weighted by atomic mass is 10.1. The van der Waals surface area contributed by atoms with Gasteiger partial charge in [-0.2, -0.15) is 0 Å². The van der Waals surface area contributed by atoms with Crippen molar-refractivity contribution in [2.75, 3.05) is 19.5 Å². The highest BCUT2D eigenvalue weighted by Crippen LogP contribution is 2.39. The van der Waals surface area contributed by atoms with E-state index < -0.39 is 5.97 Å². The van der Waals surface area contributed by atoms with Crippen LogP contribution in [0.5, 0.6) is 17.2 Å². The molecule has 0 unspecified atom stereocenters. The second kappa shape index (κ2) is 8.54. The normalized spacial score (nSPS) is 10.4. The molecule has 0 aromatic heterocycles. The summed E-state index contributed by atoms with van der Waals surface area (Å²) in [6, 6.07) is 12.4. The monoisotopic (exact) mass is 341 g/mol. The number of carbonyl (C=O) groups is 2. The van der Waals surface area contributed by atoms with Crippen LogP contribution in [0.1, 0.15) is 12.5 Å². The number of benzene rings is 2. The summed E-state index contributed by atoms with van der Waals surface area (Å²) in [6.45, 7) is 1.29. The van der Waals surface area contributed by atoms with Crippen molar-refractivity contribution >= 4 is 23.6 Å². The van der Waals surface area contributed by atoms with Gasteiger partial charge >= 0.3 is 5.97 Å². The maximum absolute atomic E-state index is 12.0. The van der Waals surface area contributed by atoms with Crippen LogP contribution in [0.4, 0.5) is 5.69 Å². The van der Waals surface area contributed by atoms with E-state index in [1.54, 1.807) is 30.3 Å². The van der Waals surface area contributed by atoms with Crippen LogP contribution in [0.25, 0.3) is 6.08 Å². The van der Waals surface area contributed by atoms with Gasteiger partial charge in [0.05, 0.1) is 14.2 Å². The molecule has 1 N–H and O–H groups in total. The van der Waals surface area contributed by atoms with Crippen LogP contribution in [0.15, 0.2) is 48.5 Å². The summed E-state index contributed by atoms with van der Waals surface area (Å²) in [4.78, 5) is 23.2. The molecule has 0 aliphatic rings. The van der Waals surface area contributed by atoms with Crippen LogP contribution < -0.4 is 19.5 Å². The maximum Gasteiger partial charge on any atom is 0.308 e. The number of methoxy groups -OCH3 is 2. The summed E-state index contributed by atoms with van der Waals surface area (Å²) in [5, 5.41) is 2.75. The number of ether oxygens (including phenoxy) is 3. The lowest BCUT2D eigenvalue weighted by molar-refractivity contribution is -0.132. The van der Waals surface area contributed by atoms with E-state index in [0.29, 0.717) is 22.7 Å². The second-order valence-corrected chi connectivity index (χ2v) is 5.04. The van der Waals surface area contributed by atoms with Gasteiger partial charge in [0.15, 0.2) is 11.5 Å². The Kier molecular flexibility index (Phi) is 6.17. The number of hydrogen-bond donors (Lipinski definition) is 1. The van der Waals surface area contributed by atoms with E-state index in [9.17, 15) is 9.59 Å². The fraction of sp³-hybridized carbons (Fsp3) is 0.158. The van der Waals surface area contributed by atoms with Gasteiger partial charge in [0, 0.05) is 18.7 Å². The molecule has 2 rings (SSSR count). The van der Waals surface area contributed by atoms with Crippen molar-refractivity contribution in [2.24, 2.45) is 0 Å². The molecule has 0 heterocycles. The van der Waals surface area contributed by atoms with E-state index in [-0.39, 0.29) is 11.7 Å². The number of carbonyl (C=O) groups excluding carboxylic acids is 2. The van der Waals surface area contributed by atoms with E-state index in [1.165, 1.54) is 27.2 Å². The fourth-order valence-corrected chi connectivity index (χ4v) is 2.12. The zero-order valence-electron chi connectivity index (χ0n) is 14.2. The predicted octanol–water partition coefficient (Wildman–Crippen LogP) is 3.28. The van der Waals surface area contributed by atoms with E-state index in [0.717, 1.165) is 0 Å². The Balaban J connectivity index is 2.21. The van der Waals surface area contributed by atoms with Crippen molar-refractivity contribution in [3.8, 4) is 17.2 Å². The minimum atomic E-state index is -0.484. The highest BCUT2D eigenvalue weighted by molar-refractivity contribution is 6.02.